The molecule has 3 rings (SSSR count). The van der Waals surface area contributed by atoms with Gasteiger partial charge in [-0.05, 0) is 39.0 Å². The van der Waals surface area contributed by atoms with Crippen molar-refractivity contribution in [2.45, 2.75) is 33.4 Å². The fourth-order valence-electron chi connectivity index (χ4n) is 2.50. The Balaban J connectivity index is 1.69. The molecule has 2 heterocycles. The zero-order chi connectivity index (χ0) is 15.7. The number of carbonyl (C=O) groups excluding carboxylic acids is 1. The molecule has 1 aromatic carbocycles. The van der Waals surface area contributed by atoms with Crippen LogP contribution >= 0.6 is 0 Å². The maximum atomic E-state index is 12.2. The summed E-state index contributed by atoms with van der Waals surface area (Å²) in [5, 5.41) is 7.25. The van der Waals surface area contributed by atoms with Gasteiger partial charge in [0.2, 0.25) is 5.91 Å². The van der Waals surface area contributed by atoms with E-state index in [0.29, 0.717) is 0 Å². The summed E-state index contributed by atoms with van der Waals surface area (Å²) < 4.78 is 1.70. The normalized spacial score (nSPS) is 12.5. The number of nitrogens with one attached hydrogen (secondary N) is 2. The minimum Gasteiger partial charge on any atom is -0.345 e. The van der Waals surface area contributed by atoms with Gasteiger partial charge in [-0.2, -0.15) is 5.10 Å². The van der Waals surface area contributed by atoms with E-state index >= 15 is 0 Å². The first kappa shape index (κ1) is 14.3. The van der Waals surface area contributed by atoms with E-state index in [1.54, 1.807) is 4.68 Å². The van der Waals surface area contributed by atoms with Gasteiger partial charge in [-0.25, -0.2) is 4.98 Å². The molecule has 0 spiro atoms. The van der Waals surface area contributed by atoms with Crippen LogP contribution in [0.3, 0.4) is 0 Å². The van der Waals surface area contributed by atoms with E-state index in [0.717, 1.165) is 28.2 Å². The summed E-state index contributed by atoms with van der Waals surface area (Å²) in [5.41, 5.74) is 3.76. The number of hydrogen-bond acceptors (Lipinski definition) is 3. The Labute approximate surface area is 128 Å². The van der Waals surface area contributed by atoms with E-state index in [4.69, 9.17) is 0 Å². The van der Waals surface area contributed by atoms with Crippen LogP contribution < -0.4 is 5.32 Å². The number of benzene rings is 1. The van der Waals surface area contributed by atoms with Crippen LogP contribution in [0.5, 0.6) is 0 Å². The highest BCUT2D eigenvalue weighted by Gasteiger charge is 2.14. The fourth-order valence-corrected chi connectivity index (χ4v) is 2.50. The molecule has 1 unspecified atom stereocenters. The Morgan fingerprint density at radius 2 is 2.14 bits per heavy atom. The number of aromatic nitrogens is 4. The lowest BCUT2D eigenvalue weighted by molar-refractivity contribution is -0.122. The molecule has 6 nitrogen and oxygen atoms in total. The monoisotopic (exact) mass is 297 g/mol. The van der Waals surface area contributed by atoms with Crippen molar-refractivity contribution >= 4 is 16.9 Å². The lowest BCUT2D eigenvalue weighted by Crippen LogP contribution is -2.31. The summed E-state index contributed by atoms with van der Waals surface area (Å²) in [4.78, 5) is 19.9. The minimum absolute atomic E-state index is 0.0841. The molecule has 0 saturated carbocycles. The van der Waals surface area contributed by atoms with E-state index in [1.165, 1.54) is 0 Å². The molecule has 0 bridgehead atoms. The van der Waals surface area contributed by atoms with Gasteiger partial charge < -0.3 is 10.3 Å². The molecule has 2 aromatic heterocycles. The topological polar surface area (TPSA) is 75.6 Å². The van der Waals surface area contributed by atoms with Gasteiger partial charge in [0, 0.05) is 5.69 Å². The van der Waals surface area contributed by atoms with E-state index in [1.807, 2.05) is 51.1 Å². The lowest BCUT2D eigenvalue weighted by Gasteiger charge is -2.12. The van der Waals surface area contributed by atoms with Crippen molar-refractivity contribution in [3.63, 3.8) is 0 Å². The number of H-pyrrole nitrogens is 1. The van der Waals surface area contributed by atoms with Crippen LogP contribution in [0.25, 0.3) is 11.0 Å². The van der Waals surface area contributed by atoms with Gasteiger partial charge in [0.25, 0.3) is 0 Å². The summed E-state index contributed by atoms with van der Waals surface area (Å²) >= 11 is 0. The van der Waals surface area contributed by atoms with Crippen molar-refractivity contribution < 1.29 is 4.79 Å². The van der Waals surface area contributed by atoms with Crippen LogP contribution in [0, 0.1) is 13.8 Å². The smallest absolute Gasteiger partial charge is 0.242 e. The number of aromatic amines is 1. The van der Waals surface area contributed by atoms with E-state index in [9.17, 15) is 4.79 Å². The summed E-state index contributed by atoms with van der Waals surface area (Å²) in [6.45, 7) is 5.98. The van der Waals surface area contributed by atoms with Gasteiger partial charge in [-0.15, -0.1) is 0 Å². The average molecular weight is 297 g/mol. The number of para-hydroxylation sites is 2. The Hall–Kier alpha value is -2.63. The van der Waals surface area contributed by atoms with Crippen molar-refractivity contribution in [1.29, 1.82) is 0 Å². The van der Waals surface area contributed by atoms with Crippen molar-refractivity contribution in [3.05, 3.63) is 47.5 Å². The second kappa shape index (κ2) is 5.63. The molecule has 0 aliphatic rings. The number of imidazole rings is 1. The Bertz CT molecular complexity index is 784. The molecule has 2 N–H and O–H groups in total. The first-order valence-corrected chi connectivity index (χ1v) is 7.28. The molecule has 0 aliphatic heterocycles. The van der Waals surface area contributed by atoms with Crippen molar-refractivity contribution in [3.8, 4) is 0 Å². The van der Waals surface area contributed by atoms with Crippen LogP contribution in [0.15, 0.2) is 30.3 Å². The Morgan fingerprint density at radius 1 is 1.36 bits per heavy atom. The molecule has 0 saturated heterocycles. The molecule has 114 valence electrons. The number of fused-ring (bicyclic) bond motifs is 1. The molecular formula is C16H19N5O. The molecule has 0 radical (unpaired) electrons. The number of aryl methyl sites for hydroxylation is 2. The van der Waals surface area contributed by atoms with E-state index in [2.05, 4.69) is 20.4 Å². The number of amides is 1. The zero-order valence-corrected chi connectivity index (χ0v) is 12.9. The van der Waals surface area contributed by atoms with Crippen LogP contribution in [-0.2, 0) is 11.3 Å². The molecule has 0 aliphatic carbocycles. The number of hydrogen-bond donors (Lipinski definition) is 2. The van der Waals surface area contributed by atoms with Gasteiger partial charge in [-0.1, -0.05) is 12.1 Å². The van der Waals surface area contributed by atoms with Crippen LogP contribution in [0.1, 0.15) is 30.2 Å². The SMILES string of the molecule is Cc1cc(C)n(CC(=O)NC(C)c2nc3ccccc3[nH]2)n1. The summed E-state index contributed by atoms with van der Waals surface area (Å²) in [6, 6.07) is 9.58. The van der Waals surface area contributed by atoms with Gasteiger partial charge >= 0.3 is 0 Å². The zero-order valence-electron chi connectivity index (χ0n) is 12.9. The molecule has 1 atom stereocenters. The maximum absolute atomic E-state index is 12.2. The third-order valence-electron chi connectivity index (χ3n) is 3.59. The fraction of sp³-hybridized carbons (Fsp3) is 0.312. The largest absolute Gasteiger partial charge is 0.345 e. The molecule has 0 fully saturated rings. The predicted octanol–water partition coefficient (Wildman–Crippen LogP) is 2.25. The Kier molecular flexibility index (Phi) is 3.66. The highest BCUT2D eigenvalue weighted by molar-refractivity contribution is 5.77. The molecule has 1 amide bonds. The third kappa shape index (κ3) is 2.86. The number of nitrogens with zero attached hydrogens (tertiary/aromatic N) is 3. The quantitative estimate of drug-likeness (QED) is 0.775. The summed E-state index contributed by atoms with van der Waals surface area (Å²) in [7, 11) is 0. The molecular weight excluding hydrogens is 278 g/mol. The van der Waals surface area contributed by atoms with Crippen LogP contribution in [-0.4, -0.2) is 25.7 Å². The average Bonchev–Trinajstić information content (AvgIpc) is 3.02. The summed E-state index contributed by atoms with van der Waals surface area (Å²) in [6.07, 6.45) is 0. The highest BCUT2D eigenvalue weighted by atomic mass is 16.2. The summed E-state index contributed by atoms with van der Waals surface area (Å²) in [5.74, 6) is 0.669. The predicted molar refractivity (Wildman–Crippen MR) is 84.4 cm³/mol. The standard InChI is InChI=1S/C16H19N5O/c1-10-8-11(2)21(20-10)9-15(22)17-12(3)16-18-13-6-4-5-7-14(13)19-16/h4-8,12H,9H2,1-3H3,(H,17,22)(H,18,19). The first-order valence-electron chi connectivity index (χ1n) is 7.28. The van der Waals surface area contributed by atoms with Gasteiger partial charge in [0.05, 0.1) is 22.8 Å². The Morgan fingerprint density at radius 3 is 2.82 bits per heavy atom. The number of rotatable bonds is 4. The van der Waals surface area contributed by atoms with Crippen LogP contribution in [0.4, 0.5) is 0 Å². The molecule has 6 heteroatoms. The second-order valence-corrected chi connectivity index (χ2v) is 5.51. The highest BCUT2D eigenvalue weighted by Crippen LogP contribution is 2.15. The first-order chi connectivity index (χ1) is 10.5. The van der Waals surface area contributed by atoms with Gasteiger partial charge in [0.1, 0.15) is 12.4 Å². The van der Waals surface area contributed by atoms with E-state index < -0.39 is 0 Å². The third-order valence-corrected chi connectivity index (χ3v) is 3.59. The second-order valence-electron chi connectivity index (χ2n) is 5.51. The molecule has 3 aromatic rings. The van der Waals surface area contributed by atoms with E-state index in [-0.39, 0.29) is 18.5 Å². The minimum atomic E-state index is -0.183. The van der Waals surface area contributed by atoms with Crippen molar-refractivity contribution in [1.82, 2.24) is 25.1 Å². The molecule has 22 heavy (non-hydrogen) atoms. The lowest BCUT2D eigenvalue weighted by atomic mass is 10.3. The number of carbonyl (C=O) groups is 1. The van der Waals surface area contributed by atoms with Gasteiger partial charge in [0.15, 0.2) is 0 Å². The van der Waals surface area contributed by atoms with Crippen LogP contribution in [0.2, 0.25) is 0 Å². The van der Waals surface area contributed by atoms with Crippen molar-refractivity contribution in [2.75, 3.05) is 0 Å². The van der Waals surface area contributed by atoms with Gasteiger partial charge in [-0.3, -0.25) is 9.48 Å². The van der Waals surface area contributed by atoms with Crippen molar-refractivity contribution in [2.24, 2.45) is 0 Å². The maximum Gasteiger partial charge on any atom is 0.242 e.